The van der Waals surface area contributed by atoms with Crippen LogP contribution in [0.1, 0.15) is 10.4 Å². The Morgan fingerprint density at radius 1 is 1.38 bits per heavy atom. The minimum atomic E-state index is 0. The van der Waals surface area contributed by atoms with Crippen LogP contribution in [0.5, 0.6) is 0 Å². The molecule has 1 rings (SSSR count). The van der Waals surface area contributed by atoms with Gasteiger partial charge in [0, 0.05) is 10.6 Å². The fourth-order valence-electron chi connectivity index (χ4n) is 0.898. The van der Waals surface area contributed by atoms with Crippen molar-refractivity contribution in [3.63, 3.8) is 0 Å². The minimum Gasteiger partial charge on any atom is -0.313 e. The zero-order chi connectivity index (χ0) is 8.97. The molecule has 2 nitrogen and oxygen atoms in total. The molecule has 72 valence electrons. The summed E-state index contributed by atoms with van der Waals surface area (Å²) in [5, 5.41) is 3.45. The number of likely N-dealkylation sites (N-methyl/N-ethyl adjacent to an activating group) is 1. The molecule has 0 saturated carbocycles. The molecule has 0 radical (unpaired) electrons. The first-order valence-electron chi connectivity index (χ1n) is 3.67. The standard InChI is InChI=1S/C9H10ClNO.ClH/c1-11-6-9(12)7-2-4-8(10)5-3-7;/h2-5,11H,6H2,1H3;1H. The predicted molar refractivity (Wildman–Crippen MR) is 57.0 cm³/mol. The lowest BCUT2D eigenvalue weighted by Crippen LogP contribution is -2.18. The van der Waals surface area contributed by atoms with Gasteiger partial charge in [0.25, 0.3) is 0 Å². The van der Waals surface area contributed by atoms with Gasteiger partial charge in [-0.25, -0.2) is 0 Å². The van der Waals surface area contributed by atoms with Gasteiger partial charge in [0.1, 0.15) is 0 Å². The third-order valence-corrected chi connectivity index (χ3v) is 1.76. The van der Waals surface area contributed by atoms with Gasteiger partial charge in [-0.1, -0.05) is 11.6 Å². The highest BCUT2D eigenvalue weighted by Crippen LogP contribution is 2.09. The normalized spacial score (nSPS) is 9.08. The maximum atomic E-state index is 11.3. The Balaban J connectivity index is 0.00000144. The van der Waals surface area contributed by atoms with E-state index < -0.39 is 0 Å². The summed E-state index contributed by atoms with van der Waals surface area (Å²) in [5.41, 5.74) is 0.689. The number of carbonyl (C=O) groups is 1. The number of Topliss-reactive ketones (excluding diaryl/α,β-unsaturated/α-hetero) is 1. The van der Waals surface area contributed by atoms with Crippen LogP contribution in [0.25, 0.3) is 0 Å². The van der Waals surface area contributed by atoms with Crippen LogP contribution >= 0.6 is 24.0 Å². The zero-order valence-electron chi connectivity index (χ0n) is 7.21. The van der Waals surface area contributed by atoms with Gasteiger partial charge in [-0.15, -0.1) is 12.4 Å². The van der Waals surface area contributed by atoms with E-state index in [9.17, 15) is 4.79 Å². The molecule has 1 aromatic carbocycles. The number of hydrogen-bond acceptors (Lipinski definition) is 2. The molecule has 0 aliphatic heterocycles. The predicted octanol–water partition coefficient (Wildman–Crippen LogP) is 2.16. The molecule has 0 heterocycles. The highest BCUT2D eigenvalue weighted by Gasteiger charge is 2.02. The average molecular weight is 220 g/mol. The van der Waals surface area contributed by atoms with Crippen molar-refractivity contribution in [3.8, 4) is 0 Å². The van der Waals surface area contributed by atoms with Crippen LogP contribution in [0.4, 0.5) is 0 Å². The second kappa shape index (κ2) is 5.97. The highest BCUT2D eigenvalue weighted by atomic mass is 35.5. The molecular weight excluding hydrogens is 209 g/mol. The molecule has 4 heteroatoms. The zero-order valence-corrected chi connectivity index (χ0v) is 8.78. The Morgan fingerprint density at radius 3 is 2.38 bits per heavy atom. The molecule has 0 atom stereocenters. The first kappa shape index (κ1) is 12.4. The van der Waals surface area contributed by atoms with Crippen molar-refractivity contribution in [1.82, 2.24) is 5.32 Å². The third kappa shape index (κ3) is 3.77. The van der Waals surface area contributed by atoms with Crippen LogP contribution < -0.4 is 5.32 Å². The Hall–Kier alpha value is -0.570. The largest absolute Gasteiger partial charge is 0.313 e. The quantitative estimate of drug-likeness (QED) is 0.791. The van der Waals surface area contributed by atoms with Crippen molar-refractivity contribution in [1.29, 1.82) is 0 Å². The number of rotatable bonds is 3. The van der Waals surface area contributed by atoms with Gasteiger partial charge in [-0.05, 0) is 31.3 Å². The second-order valence-electron chi connectivity index (χ2n) is 2.46. The molecule has 13 heavy (non-hydrogen) atoms. The summed E-state index contributed by atoms with van der Waals surface area (Å²) in [4.78, 5) is 11.3. The third-order valence-electron chi connectivity index (χ3n) is 1.50. The fraction of sp³-hybridized carbons (Fsp3) is 0.222. The van der Waals surface area contributed by atoms with E-state index in [1.54, 1.807) is 31.3 Å². The molecule has 0 aliphatic rings. The van der Waals surface area contributed by atoms with Crippen LogP contribution in [0, 0.1) is 0 Å². The summed E-state index contributed by atoms with van der Waals surface area (Å²) in [6.45, 7) is 0.363. The first-order valence-corrected chi connectivity index (χ1v) is 4.05. The lowest BCUT2D eigenvalue weighted by molar-refractivity contribution is 0.0993. The van der Waals surface area contributed by atoms with Crippen molar-refractivity contribution in [2.24, 2.45) is 0 Å². The summed E-state index contributed by atoms with van der Waals surface area (Å²) in [6.07, 6.45) is 0. The van der Waals surface area contributed by atoms with Crippen molar-refractivity contribution in [3.05, 3.63) is 34.9 Å². The van der Waals surface area contributed by atoms with E-state index in [1.165, 1.54) is 0 Å². The van der Waals surface area contributed by atoms with Crippen molar-refractivity contribution in [2.45, 2.75) is 0 Å². The highest BCUT2D eigenvalue weighted by molar-refractivity contribution is 6.30. The van der Waals surface area contributed by atoms with Gasteiger partial charge in [0.05, 0.1) is 6.54 Å². The van der Waals surface area contributed by atoms with Crippen molar-refractivity contribution in [2.75, 3.05) is 13.6 Å². The maximum absolute atomic E-state index is 11.3. The topological polar surface area (TPSA) is 29.1 Å². The van der Waals surface area contributed by atoms with E-state index in [2.05, 4.69) is 5.32 Å². The fourth-order valence-corrected chi connectivity index (χ4v) is 1.02. The van der Waals surface area contributed by atoms with Crippen LogP contribution in [0.15, 0.2) is 24.3 Å². The smallest absolute Gasteiger partial charge is 0.176 e. The molecule has 0 unspecified atom stereocenters. The number of nitrogens with one attached hydrogen (secondary N) is 1. The van der Waals surface area contributed by atoms with E-state index in [-0.39, 0.29) is 18.2 Å². The number of ketones is 1. The number of halogens is 2. The van der Waals surface area contributed by atoms with Crippen molar-refractivity contribution >= 4 is 29.8 Å². The van der Waals surface area contributed by atoms with Gasteiger partial charge in [-0.2, -0.15) is 0 Å². The Bertz CT molecular complexity index is 271. The van der Waals surface area contributed by atoms with E-state index in [1.807, 2.05) is 0 Å². The lowest BCUT2D eigenvalue weighted by Gasteiger charge is -1.98. The molecule has 0 aliphatic carbocycles. The maximum Gasteiger partial charge on any atom is 0.176 e. The molecule has 0 amide bonds. The number of benzene rings is 1. The lowest BCUT2D eigenvalue weighted by atomic mass is 10.1. The summed E-state index contributed by atoms with van der Waals surface area (Å²) >= 11 is 5.67. The van der Waals surface area contributed by atoms with Gasteiger partial charge < -0.3 is 5.32 Å². The monoisotopic (exact) mass is 219 g/mol. The molecule has 0 fully saturated rings. The number of hydrogen-bond donors (Lipinski definition) is 1. The molecule has 0 spiro atoms. The average Bonchev–Trinajstić information content (AvgIpc) is 2.06. The summed E-state index contributed by atoms with van der Waals surface area (Å²) < 4.78 is 0. The summed E-state index contributed by atoms with van der Waals surface area (Å²) in [5.74, 6) is 0.0779. The Morgan fingerprint density at radius 2 is 1.92 bits per heavy atom. The molecular formula is C9H11Cl2NO. The van der Waals surface area contributed by atoms with Crippen LogP contribution in [-0.4, -0.2) is 19.4 Å². The van der Waals surface area contributed by atoms with E-state index in [0.29, 0.717) is 17.1 Å². The van der Waals surface area contributed by atoms with E-state index in [4.69, 9.17) is 11.6 Å². The van der Waals surface area contributed by atoms with Gasteiger partial charge in [0.15, 0.2) is 5.78 Å². The van der Waals surface area contributed by atoms with Gasteiger partial charge >= 0.3 is 0 Å². The van der Waals surface area contributed by atoms with E-state index >= 15 is 0 Å². The van der Waals surface area contributed by atoms with Crippen molar-refractivity contribution < 1.29 is 4.79 Å². The van der Waals surface area contributed by atoms with Gasteiger partial charge in [0.2, 0.25) is 0 Å². The second-order valence-corrected chi connectivity index (χ2v) is 2.90. The van der Waals surface area contributed by atoms with Crippen LogP contribution in [-0.2, 0) is 0 Å². The van der Waals surface area contributed by atoms with Crippen LogP contribution in [0.2, 0.25) is 5.02 Å². The summed E-state index contributed by atoms with van der Waals surface area (Å²) in [7, 11) is 1.74. The number of carbonyl (C=O) groups excluding carboxylic acids is 1. The minimum absolute atomic E-state index is 0. The summed E-state index contributed by atoms with van der Waals surface area (Å²) in [6, 6.07) is 6.87. The SMILES string of the molecule is CNCC(=O)c1ccc(Cl)cc1.Cl. The molecule has 0 bridgehead atoms. The molecule has 0 saturated heterocycles. The van der Waals surface area contributed by atoms with E-state index in [0.717, 1.165) is 0 Å². The first-order chi connectivity index (χ1) is 5.74. The Labute approximate surface area is 88.7 Å². The Kier molecular flexibility index (Phi) is 5.71. The van der Waals surface area contributed by atoms with Gasteiger partial charge in [-0.3, -0.25) is 4.79 Å². The molecule has 1 aromatic rings. The molecule has 1 N–H and O–H groups in total. The van der Waals surface area contributed by atoms with Crippen LogP contribution in [0.3, 0.4) is 0 Å². The molecule has 0 aromatic heterocycles.